The highest BCUT2D eigenvalue weighted by Crippen LogP contribution is 2.22. The SMILES string of the molecule is COc1ccc(C)c2ncc(Br)n12. The number of aromatic nitrogens is 2. The van der Waals surface area contributed by atoms with Gasteiger partial charge in [0.1, 0.15) is 10.3 Å². The third-order valence-electron chi connectivity index (χ3n) is 1.98. The van der Waals surface area contributed by atoms with Gasteiger partial charge in [0.05, 0.1) is 13.3 Å². The van der Waals surface area contributed by atoms with Gasteiger partial charge in [-0.2, -0.15) is 0 Å². The lowest BCUT2D eigenvalue weighted by molar-refractivity contribution is 0.391. The third kappa shape index (κ3) is 1.21. The maximum absolute atomic E-state index is 5.21. The number of aryl methyl sites for hydroxylation is 1. The van der Waals surface area contributed by atoms with Gasteiger partial charge in [0.15, 0.2) is 5.88 Å². The second kappa shape index (κ2) is 3.03. The van der Waals surface area contributed by atoms with Gasteiger partial charge in [-0.1, -0.05) is 6.07 Å². The summed E-state index contributed by atoms with van der Waals surface area (Å²) in [6.07, 6.45) is 1.77. The van der Waals surface area contributed by atoms with Crippen LogP contribution in [0.4, 0.5) is 0 Å². The molecule has 0 radical (unpaired) electrons. The minimum atomic E-state index is 0.782. The van der Waals surface area contributed by atoms with Crippen molar-refractivity contribution in [3.05, 3.63) is 28.5 Å². The summed E-state index contributed by atoms with van der Waals surface area (Å²) in [5.74, 6) is 0.782. The van der Waals surface area contributed by atoms with E-state index in [1.165, 1.54) is 0 Å². The minimum Gasteiger partial charge on any atom is -0.482 e. The number of methoxy groups -OCH3 is 1. The van der Waals surface area contributed by atoms with Gasteiger partial charge in [0, 0.05) is 0 Å². The molecule has 2 heterocycles. The van der Waals surface area contributed by atoms with E-state index < -0.39 is 0 Å². The number of pyridine rings is 1. The van der Waals surface area contributed by atoms with E-state index in [4.69, 9.17) is 4.74 Å². The molecule has 0 unspecified atom stereocenters. The molecular formula is C9H9BrN2O. The Morgan fingerprint density at radius 3 is 2.92 bits per heavy atom. The molecule has 13 heavy (non-hydrogen) atoms. The highest BCUT2D eigenvalue weighted by atomic mass is 79.9. The largest absolute Gasteiger partial charge is 0.482 e. The second-order valence-corrected chi connectivity index (χ2v) is 3.61. The molecule has 0 aromatic carbocycles. The summed E-state index contributed by atoms with van der Waals surface area (Å²) in [6, 6.07) is 3.92. The van der Waals surface area contributed by atoms with E-state index in [0.717, 1.165) is 21.7 Å². The number of nitrogens with zero attached hydrogens (tertiary/aromatic N) is 2. The highest BCUT2D eigenvalue weighted by Gasteiger charge is 2.07. The van der Waals surface area contributed by atoms with Crippen molar-refractivity contribution in [2.24, 2.45) is 0 Å². The van der Waals surface area contributed by atoms with E-state index in [1.54, 1.807) is 13.3 Å². The molecule has 68 valence electrons. The Morgan fingerprint density at radius 1 is 1.46 bits per heavy atom. The summed E-state index contributed by atoms with van der Waals surface area (Å²) < 4.78 is 8.05. The van der Waals surface area contributed by atoms with E-state index in [-0.39, 0.29) is 0 Å². The molecule has 4 heteroatoms. The first-order chi connectivity index (χ1) is 6.24. The summed E-state index contributed by atoms with van der Waals surface area (Å²) >= 11 is 3.41. The number of halogens is 1. The fourth-order valence-corrected chi connectivity index (χ4v) is 1.77. The Kier molecular flexibility index (Phi) is 2.00. The van der Waals surface area contributed by atoms with Gasteiger partial charge < -0.3 is 4.74 Å². The van der Waals surface area contributed by atoms with Gasteiger partial charge in [-0.05, 0) is 34.5 Å². The first kappa shape index (κ1) is 8.56. The first-order valence-electron chi connectivity index (χ1n) is 3.90. The number of hydrogen-bond acceptors (Lipinski definition) is 2. The maximum Gasteiger partial charge on any atom is 0.199 e. The molecule has 0 spiro atoms. The van der Waals surface area contributed by atoms with Gasteiger partial charge in [-0.3, -0.25) is 4.40 Å². The van der Waals surface area contributed by atoms with Crippen LogP contribution in [0.25, 0.3) is 5.65 Å². The molecule has 0 bridgehead atoms. The van der Waals surface area contributed by atoms with Gasteiger partial charge in [-0.25, -0.2) is 4.98 Å². The smallest absolute Gasteiger partial charge is 0.199 e. The standard InChI is InChI=1S/C9H9BrN2O/c1-6-3-4-8(13-2)12-7(10)5-11-9(6)12/h3-5H,1-2H3. The van der Waals surface area contributed by atoms with Crippen LogP contribution in [-0.2, 0) is 0 Å². The Balaban J connectivity index is 2.88. The third-order valence-corrected chi connectivity index (χ3v) is 2.54. The molecule has 0 atom stereocenters. The van der Waals surface area contributed by atoms with E-state index >= 15 is 0 Å². The number of fused-ring (bicyclic) bond motifs is 1. The van der Waals surface area contributed by atoms with Crippen molar-refractivity contribution >= 4 is 21.6 Å². The molecule has 0 aliphatic carbocycles. The van der Waals surface area contributed by atoms with Crippen molar-refractivity contribution in [3.63, 3.8) is 0 Å². The summed E-state index contributed by atoms with van der Waals surface area (Å²) in [4.78, 5) is 4.26. The van der Waals surface area contributed by atoms with Crippen LogP contribution in [0.2, 0.25) is 0 Å². The van der Waals surface area contributed by atoms with Crippen molar-refractivity contribution in [1.82, 2.24) is 9.38 Å². The molecule has 2 aromatic rings. The second-order valence-electron chi connectivity index (χ2n) is 2.80. The first-order valence-corrected chi connectivity index (χ1v) is 4.70. The van der Waals surface area contributed by atoms with Crippen molar-refractivity contribution < 1.29 is 4.74 Å². The van der Waals surface area contributed by atoms with Crippen LogP contribution < -0.4 is 4.74 Å². The number of rotatable bonds is 1. The van der Waals surface area contributed by atoms with Crippen LogP contribution in [0.15, 0.2) is 22.9 Å². The molecule has 0 fully saturated rings. The zero-order chi connectivity index (χ0) is 9.42. The zero-order valence-corrected chi connectivity index (χ0v) is 9.00. The summed E-state index contributed by atoms with van der Waals surface area (Å²) in [6.45, 7) is 2.02. The average Bonchev–Trinajstić information content (AvgIpc) is 2.51. The number of hydrogen-bond donors (Lipinski definition) is 0. The monoisotopic (exact) mass is 240 g/mol. The summed E-state index contributed by atoms with van der Waals surface area (Å²) in [5, 5.41) is 0. The normalized spacial score (nSPS) is 10.7. The van der Waals surface area contributed by atoms with E-state index in [2.05, 4.69) is 20.9 Å². The Hall–Kier alpha value is -1.03. The van der Waals surface area contributed by atoms with Crippen molar-refractivity contribution in [3.8, 4) is 5.88 Å². The Labute approximate surface area is 84.5 Å². The molecule has 0 aliphatic heterocycles. The molecule has 0 saturated heterocycles. The summed E-state index contributed by atoms with van der Waals surface area (Å²) in [5.41, 5.74) is 2.05. The molecule has 0 amide bonds. The predicted octanol–water partition coefficient (Wildman–Crippen LogP) is 2.41. The molecule has 3 nitrogen and oxygen atoms in total. The lowest BCUT2D eigenvalue weighted by Crippen LogP contribution is -1.95. The zero-order valence-electron chi connectivity index (χ0n) is 7.41. The number of imidazole rings is 1. The molecule has 0 aliphatic rings. The molecular weight excluding hydrogens is 232 g/mol. The van der Waals surface area contributed by atoms with Gasteiger partial charge in [0.2, 0.25) is 0 Å². The molecule has 2 rings (SSSR count). The lowest BCUT2D eigenvalue weighted by atomic mass is 10.3. The van der Waals surface area contributed by atoms with Crippen LogP contribution in [-0.4, -0.2) is 16.5 Å². The van der Waals surface area contributed by atoms with Crippen LogP contribution in [0.5, 0.6) is 5.88 Å². The van der Waals surface area contributed by atoms with E-state index in [9.17, 15) is 0 Å². The van der Waals surface area contributed by atoms with E-state index in [0.29, 0.717) is 0 Å². The topological polar surface area (TPSA) is 26.5 Å². The van der Waals surface area contributed by atoms with Crippen molar-refractivity contribution in [2.75, 3.05) is 7.11 Å². The molecule has 0 N–H and O–H groups in total. The van der Waals surface area contributed by atoms with Crippen LogP contribution in [0, 0.1) is 6.92 Å². The minimum absolute atomic E-state index is 0.782. The fourth-order valence-electron chi connectivity index (χ4n) is 1.32. The van der Waals surface area contributed by atoms with Crippen LogP contribution in [0.1, 0.15) is 5.56 Å². The summed E-state index contributed by atoms with van der Waals surface area (Å²) in [7, 11) is 1.65. The van der Waals surface area contributed by atoms with Gasteiger partial charge >= 0.3 is 0 Å². The molecule has 0 saturated carbocycles. The highest BCUT2D eigenvalue weighted by molar-refractivity contribution is 9.10. The fraction of sp³-hybridized carbons (Fsp3) is 0.222. The average molecular weight is 241 g/mol. The van der Waals surface area contributed by atoms with Crippen LogP contribution >= 0.6 is 15.9 Å². The predicted molar refractivity (Wildman–Crippen MR) is 54.2 cm³/mol. The lowest BCUT2D eigenvalue weighted by Gasteiger charge is -2.05. The Bertz CT molecular complexity index is 450. The van der Waals surface area contributed by atoms with Crippen LogP contribution in [0.3, 0.4) is 0 Å². The van der Waals surface area contributed by atoms with E-state index in [1.807, 2.05) is 23.5 Å². The quantitative estimate of drug-likeness (QED) is 0.766. The maximum atomic E-state index is 5.21. The number of ether oxygens (including phenoxy) is 1. The Morgan fingerprint density at radius 2 is 2.23 bits per heavy atom. The van der Waals surface area contributed by atoms with Gasteiger partial charge in [0.25, 0.3) is 0 Å². The van der Waals surface area contributed by atoms with Gasteiger partial charge in [-0.15, -0.1) is 0 Å². The van der Waals surface area contributed by atoms with Crippen molar-refractivity contribution in [1.29, 1.82) is 0 Å². The van der Waals surface area contributed by atoms with Crippen molar-refractivity contribution in [2.45, 2.75) is 6.92 Å². The molecule has 2 aromatic heterocycles.